The molecule has 1 saturated heterocycles. The van der Waals surface area contributed by atoms with E-state index >= 15 is 0 Å². The molecule has 0 aliphatic carbocycles. The lowest BCUT2D eigenvalue weighted by atomic mass is 9.96. The van der Waals surface area contributed by atoms with E-state index in [0.29, 0.717) is 12.5 Å². The second-order valence-electron chi connectivity index (χ2n) is 5.76. The third-order valence-electron chi connectivity index (χ3n) is 3.56. The van der Waals surface area contributed by atoms with Gasteiger partial charge in [-0.2, -0.15) is 0 Å². The van der Waals surface area contributed by atoms with Gasteiger partial charge in [-0.3, -0.25) is 4.79 Å². The number of nitrogens with zero attached hydrogens (tertiary/aromatic N) is 1. The number of likely N-dealkylation sites (tertiary alicyclic amines) is 1. The molecule has 1 amide bonds. The summed E-state index contributed by atoms with van der Waals surface area (Å²) in [6, 6.07) is 0. The predicted octanol–water partition coefficient (Wildman–Crippen LogP) is 1.21. The highest BCUT2D eigenvalue weighted by molar-refractivity contribution is 5.78. The maximum absolute atomic E-state index is 11.9. The fraction of sp³-hybridized carbons (Fsp3) is 0.929. The van der Waals surface area contributed by atoms with Crippen molar-refractivity contribution < 1.29 is 4.79 Å². The van der Waals surface area contributed by atoms with Crippen molar-refractivity contribution in [1.82, 2.24) is 10.2 Å². The summed E-state index contributed by atoms with van der Waals surface area (Å²) >= 11 is 0. The summed E-state index contributed by atoms with van der Waals surface area (Å²) in [6.07, 6.45) is 4.59. The molecule has 0 radical (unpaired) electrons. The van der Waals surface area contributed by atoms with Crippen LogP contribution in [0, 0.1) is 11.8 Å². The van der Waals surface area contributed by atoms with Gasteiger partial charge in [-0.15, -0.1) is 0 Å². The SMILES string of the molecule is CC(C)CC(CN)C(=O)NCCCN1CCCC1. The van der Waals surface area contributed by atoms with Crippen LogP contribution in [0.25, 0.3) is 0 Å². The van der Waals surface area contributed by atoms with Gasteiger partial charge in [0, 0.05) is 13.1 Å². The average Bonchev–Trinajstić information content (AvgIpc) is 2.84. The Labute approximate surface area is 111 Å². The minimum atomic E-state index is -0.0169. The van der Waals surface area contributed by atoms with Crippen LogP contribution in [0.3, 0.4) is 0 Å². The molecule has 18 heavy (non-hydrogen) atoms. The number of hydrogen-bond donors (Lipinski definition) is 2. The Balaban J connectivity index is 2.10. The number of amides is 1. The lowest BCUT2D eigenvalue weighted by Gasteiger charge is -2.18. The van der Waals surface area contributed by atoms with Crippen molar-refractivity contribution in [2.75, 3.05) is 32.7 Å². The van der Waals surface area contributed by atoms with E-state index in [2.05, 4.69) is 24.1 Å². The Morgan fingerprint density at radius 3 is 2.56 bits per heavy atom. The fourth-order valence-corrected chi connectivity index (χ4v) is 2.54. The third kappa shape index (κ3) is 5.83. The molecule has 0 spiro atoms. The molecular formula is C14H29N3O. The largest absolute Gasteiger partial charge is 0.356 e. The van der Waals surface area contributed by atoms with Crippen LogP contribution in [0.15, 0.2) is 0 Å². The number of hydrogen-bond acceptors (Lipinski definition) is 3. The zero-order valence-electron chi connectivity index (χ0n) is 12.0. The normalized spacial score (nSPS) is 18.2. The van der Waals surface area contributed by atoms with Crippen LogP contribution in [0.4, 0.5) is 0 Å². The lowest BCUT2D eigenvalue weighted by Crippen LogP contribution is -2.37. The molecule has 1 aliphatic rings. The van der Waals surface area contributed by atoms with E-state index in [-0.39, 0.29) is 11.8 Å². The van der Waals surface area contributed by atoms with Crippen molar-refractivity contribution in [3.8, 4) is 0 Å². The van der Waals surface area contributed by atoms with Gasteiger partial charge >= 0.3 is 0 Å². The Morgan fingerprint density at radius 2 is 2.00 bits per heavy atom. The molecule has 4 nitrogen and oxygen atoms in total. The fourth-order valence-electron chi connectivity index (χ4n) is 2.54. The van der Waals surface area contributed by atoms with Crippen LogP contribution < -0.4 is 11.1 Å². The molecule has 4 heteroatoms. The Kier molecular flexibility index (Phi) is 7.28. The van der Waals surface area contributed by atoms with Gasteiger partial charge in [-0.1, -0.05) is 13.8 Å². The molecule has 1 fully saturated rings. The van der Waals surface area contributed by atoms with Crippen LogP contribution in [0.2, 0.25) is 0 Å². The van der Waals surface area contributed by atoms with Crippen molar-refractivity contribution in [3.05, 3.63) is 0 Å². The first kappa shape index (κ1) is 15.4. The highest BCUT2D eigenvalue weighted by Gasteiger charge is 2.17. The topological polar surface area (TPSA) is 58.4 Å². The average molecular weight is 255 g/mol. The minimum Gasteiger partial charge on any atom is -0.356 e. The molecule has 1 aliphatic heterocycles. The van der Waals surface area contributed by atoms with Crippen molar-refractivity contribution in [3.63, 3.8) is 0 Å². The molecule has 1 heterocycles. The maximum Gasteiger partial charge on any atom is 0.224 e. The number of rotatable bonds is 8. The summed E-state index contributed by atoms with van der Waals surface area (Å²) in [6.45, 7) is 9.06. The first-order valence-electron chi connectivity index (χ1n) is 7.33. The molecule has 1 atom stereocenters. The monoisotopic (exact) mass is 255 g/mol. The number of nitrogens with one attached hydrogen (secondary N) is 1. The van der Waals surface area contributed by atoms with Gasteiger partial charge in [0.1, 0.15) is 0 Å². The van der Waals surface area contributed by atoms with Gasteiger partial charge in [-0.25, -0.2) is 0 Å². The van der Waals surface area contributed by atoms with Crippen LogP contribution in [0.1, 0.15) is 39.5 Å². The van der Waals surface area contributed by atoms with E-state index in [9.17, 15) is 4.79 Å². The van der Waals surface area contributed by atoms with Gasteiger partial charge in [0.15, 0.2) is 0 Å². The van der Waals surface area contributed by atoms with Gasteiger partial charge < -0.3 is 16.0 Å². The first-order chi connectivity index (χ1) is 8.63. The summed E-state index contributed by atoms with van der Waals surface area (Å²) in [5.74, 6) is 0.637. The van der Waals surface area contributed by atoms with Crippen molar-refractivity contribution in [1.29, 1.82) is 0 Å². The van der Waals surface area contributed by atoms with Crippen molar-refractivity contribution in [2.45, 2.75) is 39.5 Å². The highest BCUT2D eigenvalue weighted by Crippen LogP contribution is 2.10. The lowest BCUT2D eigenvalue weighted by molar-refractivity contribution is -0.125. The molecule has 0 saturated carbocycles. The summed E-state index contributed by atoms with van der Waals surface area (Å²) < 4.78 is 0. The molecule has 0 aromatic rings. The molecule has 0 aromatic carbocycles. The van der Waals surface area contributed by atoms with Gasteiger partial charge in [0.25, 0.3) is 0 Å². The van der Waals surface area contributed by atoms with E-state index in [1.54, 1.807) is 0 Å². The summed E-state index contributed by atoms with van der Waals surface area (Å²) in [5, 5.41) is 3.02. The second-order valence-corrected chi connectivity index (χ2v) is 5.76. The van der Waals surface area contributed by atoms with E-state index < -0.39 is 0 Å². The Morgan fingerprint density at radius 1 is 1.33 bits per heavy atom. The molecule has 106 valence electrons. The molecule has 0 aromatic heterocycles. The Hall–Kier alpha value is -0.610. The maximum atomic E-state index is 11.9. The number of carbonyl (C=O) groups is 1. The van der Waals surface area contributed by atoms with Crippen LogP contribution >= 0.6 is 0 Å². The van der Waals surface area contributed by atoms with Crippen molar-refractivity contribution >= 4 is 5.91 Å². The standard InChI is InChI=1S/C14H29N3O/c1-12(2)10-13(11-15)14(18)16-6-5-9-17-7-3-4-8-17/h12-13H,3-11,15H2,1-2H3,(H,16,18). The smallest absolute Gasteiger partial charge is 0.224 e. The summed E-state index contributed by atoms with van der Waals surface area (Å²) in [7, 11) is 0. The third-order valence-corrected chi connectivity index (χ3v) is 3.56. The second kappa shape index (κ2) is 8.48. The number of carbonyl (C=O) groups excluding carboxylic acids is 1. The van der Waals surface area contributed by atoms with E-state index in [1.807, 2.05) is 0 Å². The molecule has 1 unspecified atom stereocenters. The van der Waals surface area contributed by atoms with E-state index in [0.717, 1.165) is 25.9 Å². The van der Waals surface area contributed by atoms with Crippen LogP contribution in [-0.4, -0.2) is 43.5 Å². The zero-order chi connectivity index (χ0) is 13.4. The number of nitrogens with two attached hydrogens (primary N) is 1. The summed E-state index contributed by atoms with van der Waals surface area (Å²) in [4.78, 5) is 14.4. The zero-order valence-corrected chi connectivity index (χ0v) is 12.0. The molecule has 3 N–H and O–H groups in total. The predicted molar refractivity (Wildman–Crippen MR) is 75.3 cm³/mol. The van der Waals surface area contributed by atoms with Crippen molar-refractivity contribution in [2.24, 2.45) is 17.6 Å². The molecule has 1 rings (SSSR count). The molecule has 0 bridgehead atoms. The Bertz CT molecular complexity index is 237. The van der Waals surface area contributed by atoms with Gasteiger partial charge in [0.2, 0.25) is 5.91 Å². The van der Waals surface area contributed by atoms with E-state index in [1.165, 1.54) is 25.9 Å². The minimum absolute atomic E-state index is 0.0169. The molecular weight excluding hydrogens is 226 g/mol. The first-order valence-corrected chi connectivity index (χ1v) is 7.33. The highest BCUT2D eigenvalue weighted by atomic mass is 16.1. The van der Waals surface area contributed by atoms with E-state index in [4.69, 9.17) is 5.73 Å². The summed E-state index contributed by atoms with van der Waals surface area (Å²) in [5.41, 5.74) is 5.66. The quantitative estimate of drug-likeness (QED) is 0.641. The van der Waals surface area contributed by atoms with Gasteiger partial charge in [0.05, 0.1) is 5.92 Å². The van der Waals surface area contributed by atoms with Crippen LogP contribution in [-0.2, 0) is 4.79 Å². The van der Waals surface area contributed by atoms with Crippen LogP contribution in [0.5, 0.6) is 0 Å². The van der Waals surface area contributed by atoms with Gasteiger partial charge in [-0.05, 0) is 51.2 Å².